The van der Waals surface area contributed by atoms with Crippen LogP contribution >= 0.6 is 23.1 Å². The summed E-state index contributed by atoms with van der Waals surface area (Å²) in [4.78, 5) is 14.0. The van der Waals surface area contributed by atoms with E-state index >= 15 is 0 Å². The van der Waals surface area contributed by atoms with E-state index in [4.69, 9.17) is 4.74 Å². The van der Waals surface area contributed by atoms with Crippen LogP contribution in [0.25, 0.3) is 0 Å². The highest BCUT2D eigenvalue weighted by molar-refractivity contribution is 8.01. The number of nitrogens with one attached hydrogen (secondary N) is 1. The van der Waals surface area contributed by atoms with Crippen molar-refractivity contribution in [2.45, 2.75) is 9.37 Å². The summed E-state index contributed by atoms with van der Waals surface area (Å²) in [6, 6.07) is 3.00. The van der Waals surface area contributed by atoms with Crippen LogP contribution in [0.15, 0.2) is 27.7 Å². The van der Waals surface area contributed by atoms with Crippen LogP contribution in [0.4, 0.5) is 10.8 Å². The van der Waals surface area contributed by atoms with E-state index in [0.717, 1.165) is 0 Å². The predicted molar refractivity (Wildman–Crippen MR) is 75.3 cm³/mol. The maximum absolute atomic E-state index is 10.5. The normalized spacial score (nSPS) is 10.4. The summed E-state index contributed by atoms with van der Waals surface area (Å²) in [5.41, 5.74) is -0.0338. The van der Waals surface area contributed by atoms with Gasteiger partial charge in [-0.2, -0.15) is 0 Å². The molecule has 0 radical (unpaired) electrons. The average molecular weight is 313 g/mol. The molecule has 0 aromatic carbocycles. The number of aromatic nitrogens is 3. The number of anilines is 1. The van der Waals surface area contributed by atoms with Crippen molar-refractivity contribution in [1.82, 2.24) is 15.2 Å². The maximum Gasteiger partial charge on any atom is 0.287 e. The SMILES string of the molecule is COCCNc1nnc(Sc2ccc([N+](=O)[O-])cn2)s1. The summed E-state index contributed by atoms with van der Waals surface area (Å²) >= 11 is 2.70. The first-order valence-electron chi connectivity index (χ1n) is 5.53. The quantitative estimate of drug-likeness (QED) is 0.470. The van der Waals surface area contributed by atoms with Gasteiger partial charge in [-0.25, -0.2) is 4.98 Å². The van der Waals surface area contributed by atoms with Crippen LogP contribution in [-0.4, -0.2) is 40.4 Å². The highest BCUT2D eigenvalue weighted by atomic mass is 32.2. The lowest BCUT2D eigenvalue weighted by atomic mass is 10.4. The molecular weight excluding hydrogens is 302 g/mol. The molecule has 20 heavy (non-hydrogen) atoms. The molecule has 8 nitrogen and oxygen atoms in total. The van der Waals surface area contributed by atoms with Gasteiger partial charge in [0, 0.05) is 19.7 Å². The lowest BCUT2D eigenvalue weighted by molar-refractivity contribution is -0.385. The van der Waals surface area contributed by atoms with E-state index in [1.807, 2.05) is 0 Å². The zero-order valence-electron chi connectivity index (χ0n) is 10.5. The third kappa shape index (κ3) is 4.11. The van der Waals surface area contributed by atoms with E-state index in [2.05, 4.69) is 20.5 Å². The summed E-state index contributed by atoms with van der Waals surface area (Å²) in [5, 5.41) is 22.9. The number of nitrogens with zero attached hydrogens (tertiary/aromatic N) is 4. The van der Waals surface area contributed by atoms with E-state index in [1.165, 1.54) is 35.4 Å². The standard InChI is InChI=1S/C10H11N5O3S2/c1-18-5-4-11-9-13-14-10(20-9)19-8-3-2-7(6-12-8)15(16)17/h2-3,6H,4-5H2,1H3,(H,11,13). The van der Waals surface area contributed by atoms with E-state index in [1.54, 1.807) is 13.2 Å². The van der Waals surface area contributed by atoms with Crippen molar-refractivity contribution in [2.24, 2.45) is 0 Å². The Morgan fingerprint density at radius 3 is 3.00 bits per heavy atom. The van der Waals surface area contributed by atoms with Gasteiger partial charge in [-0.1, -0.05) is 11.3 Å². The fourth-order valence-corrected chi connectivity index (χ4v) is 2.88. The second kappa shape index (κ2) is 7.12. The molecule has 2 aromatic heterocycles. The van der Waals surface area contributed by atoms with Gasteiger partial charge in [-0.3, -0.25) is 10.1 Å². The van der Waals surface area contributed by atoms with E-state index in [-0.39, 0.29) is 5.69 Å². The number of pyridine rings is 1. The Balaban J connectivity index is 1.94. The smallest absolute Gasteiger partial charge is 0.287 e. The lowest BCUT2D eigenvalue weighted by Crippen LogP contribution is -2.06. The molecule has 0 spiro atoms. The molecule has 0 saturated carbocycles. The van der Waals surface area contributed by atoms with Crippen molar-refractivity contribution in [1.29, 1.82) is 0 Å². The Kier molecular flexibility index (Phi) is 5.21. The van der Waals surface area contributed by atoms with Crippen molar-refractivity contribution in [3.63, 3.8) is 0 Å². The van der Waals surface area contributed by atoms with Crippen molar-refractivity contribution in [3.8, 4) is 0 Å². The van der Waals surface area contributed by atoms with E-state index in [9.17, 15) is 10.1 Å². The highest BCUT2D eigenvalue weighted by Crippen LogP contribution is 2.31. The molecule has 0 amide bonds. The molecule has 0 aliphatic heterocycles. The van der Waals surface area contributed by atoms with Crippen molar-refractivity contribution in [3.05, 3.63) is 28.4 Å². The van der Waals surface area contributed by atoms with Crippen molar-refractivity contribution < 1.29 is 9.66 Å². The molecular formula is C10H11N5O3S2. The van der Waals surface area contributed by atoms with Crippen LogP contribution in [0.1, 0.15) is 0 Å². The van der Waals surface area contributed by atoms with Crippen LogP contribution < -0.4 is 5.32 Å². The first-order chi connectivity index (χ1) is 9.69. The Hall–Kier alpha value is -1.78. The van der Waals surface area contributed by atoms with E-state index in [0.29, 0.717) is 27.6 Å². The summed E-state index contributed by atoms with van der Waals surface area (Å²) in [5.74, 6) is 0. The van der Waals surface area contributed by atoms with Gasteiger partial charge >= 0.3 is 0 Å². The van der Waals surface area contributed by atoms with Crippen LogP contribution in [-0.2, 0) is 4.74 Å². The average Bonchev–Trinajstić information content (AvgIpc) is 2.87. The number of rotatable bonds is 7. The molecule has 1 N–H and O–H groups in total. The van der Waals surface area contributed by atoms with Crippen LogP contribution in [0, 0.1) is 10.1 Å². The Morgan fingerprint density at radius 1 is 1.50 bits per heavy atom. The molecule has 0 unspecified atom stereocenters. The fourth-order valence-electron chi connectivity index (χ4n) is 1.21. The second-order valence-electron chi connectivity index (χ2n) is 3.51. The number of hydrogen-bond donors (Lipinski definition) is 1. The first kappa shape index (κ1) is 14.6. The second-order valence-corrected chi connectivity index (χ2v) is 5.75. The maximum atomic E-state index is 10.5. The van der Waals surface area contributed by atoms with Gasteiger partial charge in [-0.15, -0.1) is 10.2 Å². The first-order valence-corrected chi connectivity index (χ1v) is 7.17. The number of hydrogen-bond acceptors (Lipinski definition) is 9. The van der Waals surface area contributed by atoms with Crippen LogP contribution in [0.3, 0.4) is 0 Å². The van der Waals surface area contributed by atoms with Gasteiger partial charge in [0.15, 0.2) is 4.34 Å². The molecule has 0 aliphatic rings. The minimum atomic E-state index is -0.482. The topological polar surface area (TPSA) is 103 Å². The van der Waals surface area contributed by atoms with Crippen molar-refractivity contribution >= 4 is 33.9 Å². The molecule has 2 aromatic rings. The molecule has 0 aliphatic carbocycles. The van der Waals surface area contributed by atoms with Gasteiger partial charge in [0.2, 0.25) is 5.13 Å². The Labute approximate surface area is 122 Å². The third-order valence-corrected chi connectivity index (χ3v) is 3.99. The molecule has 0 atom stereocenters. The summed E-state index contributed by atoms with van der Waals surface area (Å²) in [6.07, 6.45) is 1.22. The monoisotopic (exact) mass is 313 g/mol. The Bertz CT molecular complexity index is 575. The summed E-state index contributed by atoms with van der Waals surface area (Å²) in [6.45, 7) is 1.25. The van der Waals surface area contributed by atoms with Crippen molar-refractivity contribution in [2.75, 3.05) is 25.6 Å². The molecule has 10 heteroatoms. The molecule has 106 valence electrons. The minimum absolute atomic E-state index is 0.0338. The van der Waals surface area contributed by atoms with Gasteiger partial charge in [0.1, 0.15) is 11.2 Å². The number of nitro groups is 1. The fraction of sp³-hybridized carbons (Fsp3) is 0.300. The van der Waals surface area contributed by atoms with Crippen LogP contribution in [0.5, 0.6) is 0 Å². The third-order valence-electron chi connectivity index (χ3n) is 2.11. The van der Waals surface area contributed by atoms with Gasteiger partial charge < -0.3 is 10.1 Å². The lowest BCUT2D eigenvalue weighted by Gasteiger charge is -1.98. The van der Waals surface area contributed by atoms with Gasteiger partial charge in [-0.05, 0) is 17.8 Å². The molecule has 2 rings (SSSR count). The molecule has 2 heterocycles. The highest BCUT2D eigenvalue weighted by Gasteiger charge is 2.09. The minimum Gasteiger partial charge on any atom is -0.383 e. The van der Waals surface area contributed by atoms with Gasteiger partial charge in [0.25, 0.3) is 5.69 Å². The molecule has 0 bridgehead atoms. The van der Waals surface area contributed by atoms with E-state index < -0.39 is 4.92 Å². The largest absolute Gasteiger partial charge is 0.383 e. The Morgan fingerprint density at radius 2 is 2.35 bits per heavy atom. The summed E-state index contributed by atoms with van der Waals surface area (Å²) < 4.78 is 5.63. The zero-order chi connectivity index (χ0) is 14.4. The van der Waals surface area contributed by atoms with Crippen LogP contribution in [0.2, 0.25) is 0 Å². The predicted octanol–water partition coefficient (Wildman–Crippen LogP) is 2.05. The number of methoxy groups -OCH3 is 1. The number of ether oxygens (including phenoxy) is 1. The van der Waals surface area contributed by atoms with Gasteiger partial charge in [0.05, 0.1) is 11.5 Å². The summed E-state index contributed by atoms with van der Waals surface area (Å²) in [7, 11) is 1.63. The molecule has 0 fully saturated rings. The molecule has 0 saturated heterocycles. The zero-order valence-corrected chi connectivity index (χ0v) is 12.1.